The average Bonchev–Trinajstić information content (AvgIpc) is 3.10. The third kappa shape index (κ3) is 3.01. The van der Waals surface area contributed by atoms with Crippen molar-refractivity contribution in [3.8, 4) is 11.3 Å². The first kappa shape index (κ1) is 18.1. The smallest absolute Gasteiger partial charge is 0.238 e. The Hall–Kier alpha value is -3.27. The molecular formula is C24H20O4. The summed E-state index contributed by atoms with van der Waals surface area (Å²) in [7, 11) is 0. The number of carbonyl (C=O) groups excluding carboxylic acids is 3. The van der Waals surface area contributed by atoms with E-state index in [1.54, 1.807) is 30.3 Å². The Morgan fingerprint density at radius 2 is 1.64 bits per heavy atom. The zero-order chi connectivity index (χ0) is 20.1. The van der Waals surface area contributed by atoms with E-state index >= 15 is 0 Å². The van der Waals surface area contributed by atoms with Crippen molar-refractivity contribution >= 4 is 17.3 Å². The average molecular weight is 372 g/mol. The van der Waals surface area contributed by atoms with Gasteiger partial charge in [0, 0.05) is 16.7 Å². The molecule has 1 aromatic heterocycles. The van der Waals surface area contributed by atoms with E-state index in [0.717, 1.165) is 12.0 Å². The number of benzene rings is 2. The van der Waals surface area contributed by atoms with Gasteiger partial charge in [0.25, 0.3) is 0 Å². The van der Waals surface area contributed by atoms with E-state index < -0.39 is 11.6 Å². The van der Waals surface area contributed by atoms with E-state index in [0.29, 0.717) is 16.7 Å². The van der Waals surface area contributed by atoms with E-state index in [-0.39, 0.29) is 28.1 Å². The summed E-state index contributed by atoms with van der Waals surface area (Å²) in [6, 6.07) is 14.2. The molecule has 0 bridgehead atoms. The first-order valence-corrected chi connectivity index (χ1v) is 9.20. The first-order valence-electron chi connectivity index (χ1n) is 9.20. The van der Waals surface area contributed by atoms with Crippen LogP contribution in [0.1, 0.15) is 63.0 Å². The van der Waals surface area contributed by atoms with Crippen molar-refractivity contribution in [2.45, 2.75) is 27.2 Å². The molecular weight excluding hydrogens is 352 g/mol. The maximum atomic E-state index is 13.1. The highest BCUT2D eigenvalue weighted by atomic mass is 16.3. The van der Waals surface area contributed by atoms with E-state index in [9.17, 15) is 14.4 Å². The highest BCUT2D eigenvalue weighted by Gasteiger charge is 2.37. The Morgan fingerprint density at radius 3 is 2.36 bits per heavy atom. The second-order valence-corrected chi connectivity index (χ2v) is 8.32. The van der Waals surface area contributed by atoms with Crippen LogP contribution in [-0.4, -0.2) is 17.3 Å². The molecule has 1 aliphatic carbocycles. The van der Waals surface area contributed by atoms with Gasteiger partial charge in [0.15, 0.2) is 5.78 Å². The van der Waals surface area contributed by atoms with Crippen LogP contribution in [0.15, 0.2) is 59.2 Å². The number of fused-ring (bicyclic) bond motifs is 3. The van der Waals surface area contributed by atoms with Crippen LogP contribution in [-0.2, 0) is 6.42 Å². The Balaban J connectivity index is 1.78. The summed E-state index contributed by atoms with van der Waals surface area (Å²) in [6.45, 7) is 6.40. The summed E-state index contributed by atoms with van der Waals surface area (Å²) >= 11 is 0. The molecule has 3 aromatic rings. The minimum absolute atomic E-state index is 0.0647. The largest absolute Gasteiger partial charge is 0.463 e. The molecule has 0 fully saturated rings. The number of hydrogen-bond acceptors (Lipinski definition) is 4. The molecule has 1 aliphatic rings. The lowest BCUT2D eigenvalue weighted by Gasteiger charge is -2.18. The number of carbonyl (C=O) groups is 3. The minimum atomic E-state index is -0.698. The third-order valence-electron chi connectivity index (χ3n) is 4.81. The van der Waals surface area contributed by atoms with Crippen LogP contribution in [0.2, 0.25) is 0 Å². The van der Waals surface area contributed by atoms with Gasteiger partial charge < -0.3 is 4.42 Å². The minimum Gasteiger partial charge on any atom is -0.463 e. The van der Waals surface area contributed by atoms with Gasteiger partial charge in [-0.15, -0.1) is 0 Å². The van der Waals surface area contributed by atoms with Gasteiger partial charge in [-0.05, 0) is 23.5 Å². The Bertz CT molecular complexity index is 1130. The Labute approximate surface area is 163 Å². The number of furan rings is 1. The zero-order valence-corrected chi connectivity index (χ0v) is 16.0. The monoisotopic (exact) mass is 372 g/mol. The molecule has 0 saturated heterocycles. The molecule has 1 heterocycles. The van der Waals surface area contributed by atoms with Crippen molar-refractivity contribution in [2.75, 3.05) is 0 Å². The predicted molar refractivity (Wildman–Crippen MR) is 106 cm³/mol. The topological polar surface area (TPSA) is 64.3 Å². The Morgan fingerprint density at radius 1 is 0.929 bits per heavy atom. The molecule has 0 N–H and O–H groups in total. The van der Waals surface area contributed by atoms with Gasteiger partial charge in [-0.1, -0.05) is 63.2 Å². The summed E-state index contributed by atoms with van der Waals surface area (Å²) in [6.07, 6.45) is 2.11. The van der Waals surface area contributed by atoms with Crippen LogP contribution in [0.5, 0.6) is 0 Å². The van der Waals surface area contributed by atoms with Gasteiger partial charge in [-0.25, -0.2) is 0 Å². The highest BCUT2D eigenvalue weighted by Crippen LogP contribution is 2.37. The Kier molecular flexibility index (Phi) is 4.15. The first-order chi connectivity index (χ1) is 13.3. The van der Waals surface area contributed by atoms with Gasteiger partial charge in [0.2, 0.25) is 11.6 Å². The van der Waals surface area contributed by atoms with E-state index in [1.165, 1.54) is 6.26 Å². The molecule has 2 aromatic carbocycles. The summed E-state index contributed by atoms with van der Waals surface area (Å²) in [5.41, 5.74) is 2.66. The number of ketones is 3. The van der Waals surface area contributed by atoms with Crippen molar-refractivity contribution in [1.82, 2.24) is 0 Å². The fraction of sp³-hybridized carbons (Fsp3) is 0.208. The number of Topliss-reactive ketones (excluding diaryl/α,β-unsaturated/α-hetero) is 2. The standard InChI is InChI=1S/C24H20O4/c1-24(2,3)12-14-7-6-8-15(11-14)20(25)18-13-28-23-17-10-5-4-9-16(17)21(26)22(27)19(18)23/h4-11,13H,12H2,1-3H3. The summed E-state index contributed by atoms with van der Waals surface area (Å²) in [4.78, 5) is 38.3. The quantitative estimate of drug-likeness (QED) is 0.471. The van der Waals surface area contributed by atoms with Crippen molar-refractivity contribution in [3.05, 3.63) is 82.6 Å². The predicted octanol–water partition coefficient (Wildman–Crippen LogP) is 5.15. The number of hydrogen-bond donors (Lipinski definition) is 0. The molecule has 4 heteroatoms. The maximum Gasteiger partial charge on any atom is 0.238 e. The molecule has 28 heavy (non-hydrogen) atoms. The molecule has 140 valence electrons. The van der Waals surface area contributed by atoms with Crippen molar-refractivity contribution in [3.63, 3.8) is 0 Å². The van der Waals surface area contributed by atoms with Crippen LogP contribution in [0.4, 0.5) is 0 Å². The van der Waals surface area contributed by atoms with Crippen LogP contribution < -0.4 is 0 Å². The molecule has 0 atom stereocenters. The zero-order valence-electron chi connectivity index (χ0n) is 16.0. The molecule has 0 aliphatic heterocycles. The molecule has 4 rings (SSSR count). The van der Waals surface area contributed by atoms with E-state index in [4.69, 9.17) is 4.42 Å². The summed E-state index contributed by atoms with van der Waals surface area (Å²) in [5, 5.41) is 0. The van der Waals surface area contributed by atoms with Crippen molar-refractivity contribution in [2.24, 2.45) is 5.41 Å². The summed E-state index contributed by atoms with van der Waals surface area (Å²) in [5.74, 6) is -1.34. The molecule has 0 unspecified atom stereocenters. The van der Waals surface area contributed by atoms with Gasteiger partial charge >= 0.3 is 0 Å². The maximum absolute atomic E-state index is 13.1. The van der Waals surface area contributed by atoms with E-state index in [2.05, 4.69) is 20.8 Å². The van der Waals surface area contributed by atoms with Crippen molar-refractivity contribution < 1.29 is 18.8 Å². The lowest BCUT2D eigenvalue weighted by Crippen LogP contribution is -2.22. The van der Waals surface area contributed by atoms with Crippen LogP contribution in [0.25, 0.3) is 11.3 Å². The molecule has 4 nitrogen and oxygen atoms in total. The van der Waals surface area contributed by atoms with Gasteiger partial charge in [-0.3, -0.25) is 14.4 Å². The number of rotatable bonds is 3. The lowest BCUT2D eigenvalue weighted by atomic mass is 9.85. The van der Waals surface area contributed by atoms with Gasteiger partial charge in [0.05, 0.1) is 11.1 Å². The fourth-order valence-electron chi connectivity index (χ4n) is 3.65. The fourth-order valence-corrected chi connectivity index (χ4v) is 3.65. The molecule has 0 saturated carbocycles. The second-order valence-electron chi connectivity index (χ2n) is 8.32. The van der Waals surface area contributed by atoms with Gasteiger partial charge in [-0.2, -0.15) is 0 Å². The highest BCUT2D eigenvalue weighted by molar-refractivity contribution is 6.53. The van der Waals surface area contributed by atoms with Crippen LogP contribution in [0, 0.1) is 5.41 Å². The van der Waals surface area contributed by atoms with E-state index in [1.807, 2.05) is 18.2 Å². The van der Waals surface area contributed by atoms with Gasteiger partial charge in [0.1, 0.15) is 12.0 Å². The third-order valence-corrected chi connectivity index (χ3v) is 4.81. The second kappa shape index (κ2) is 6.41. The molecule has 0 spiro atoms. The van der Waals surface area contributed by atoms with Crippen LogP contribution >= 0.6 is 0 Å². The lowest BCUT2D eigenvalue weighted by molar-refractivity contribution is 0.0813. The molecule has 0 amide bonds. The summed E-state index contributed by atoms with van der Waals surface area (Å²) < 4.78 is 5.59. The van der Waals surface area contributed by atoms with Crippen molar-refractivity contribution in [1.29, 1.82) is 0 Å². The molecule has 0 radical (unpaired) electrons. The normalized spacial score (nSPS) is 13.2. The SMILES string of the molecule is CC(C)(C)Cc1cccc(C(=O)c2coc3c2C(=O)C(=O)c2ccccc2-3)c1. The van der Waals surface area contributed by atoms with Crippen LogP contribution in [0.3, 0.4) is 0 Å².